The van der Waals surface area contributed by atoms with Gasteiger partial charge in [0.2, 0.25) is 0 Å². The summed E-state index contributed by atoms with van der Waals surface area (Å²) in [7, 11) is 0. The highest BCUT2D eigenvalue weighted by molar-refractivity contribution is 5.68. The van der Waals surface area contributed by atoms with Gasteiger partial charge < -0.3 is 15.4 Å². The zero-order valence-electron chi connectivity index (χ0n) is 8.22. The summed E-state index contributed by atoms with van der Waals surface area (Å²) in [5.41, 5.74) is 5.51. The van der Waals surface area contributed by atoms with Gasteiger partial charge in [0.25, 0.3) is 0 Å². The van der Waals surface area contributed by atoms with Crippen molar-refractivity contribution in [1.82, 2.24) is 14.9 Å². The largest absolute Gasteiger partial charge is 0.449 e. The minimum Gasteiger partial charge on any atom is -0.449 e. The Labute approximate surface area is 87.1 Å². The van der Waals surface area contributed by atoms with Crippen molar-refractivity contribution < 1.29 is 9.53 Å². The van der Waals surface area contributed by atoms with Gasteiger partial charge in [0.15, 0.2) is 0 Å². The summed E-state index contributed by atoms with van der Waals surface area (Å²) in [6, 6.07) is 1.61. The highest BCUT2D eigenvalue weighted by Gasteiger charge is 2.20. The van der Waals surface area contributed by atoms with Crippen LogP contribution in [0.15, 0.2) is 12.3 Å². The second kappa shape index (κ2) is 4.12. The molecule has 2 rings (SSSR count). The van der Waals surface area contributed by atoms with E-state index in [0.29, 0.717) is 31.3 Å². The molecule has 0 aromatic carbocycles. The van der Waals surface area contributed by atoms with Crippen molar-refractivity contribution in [2.45, 2.75) is 13.0 Å². The van der Waals surface area contributed by atoms with Crippen molar-refractivity contribution in [3.8, 4) is 0 Å². The number of amides is 1. The van der Waals surface area contributed by atoms with Gasteiger partial charge in [0, 0.05) is 12.7 Å². The topological polar surface area (TPSA) is 81.3 Å². The molecule has 1 aliphatic heterocycles. The summed E-state index contributed by atoms with van der Waals surface area (Å²) in [5.74, 6) is 0.944. The Bertz CT molecular complexity index is 369. The first-order chi connectivity index (χ1) is 7.25. The number of rotatable bonds is 2. The number of nitrogen functional groups attached to an aromatic ring is 1. The van der Waals surface area contributed by atoms with E-state index >= 15 is 0 Å². The first-order valence-corrected chi connectivity index (χ1v) is 4.75. The average molecular weight is 208 g/mol. The summed E-state index contributed by atoms with van der Waals surface area (Å²) in [6.07, 6.45) is 2.10. The lowest BCUT2D eigenvalue weighted by Crippen LogP contribution is -2.37. The van der Waals surface area contributed by atoms with Crippen LogP contribution in [0.2, 0.25) is 0 Å². The number of hydrogen-bond acceptors (Lipinski definition) is 5. The van der Waals surface area contributed by atoms with Gasteiger partial charge in [0.1, 0.15) is 11.6 Å². The van der Waals surface area contributed by atoms with Crippen LogP contribution in [0.5, 0.6) is 0 Å². The first kappa shape index (κ1) is 9.70. The third-order valence-corrected chi connectivity index (χ3v) is 2.12. The minimum absolute atomic E-state index is 0.313. The Hall–Kier alpha value is -1.85. The molecule has 1 aromatic rings. The van der Waals surface area contributed by atoms with Crippen LogP contribution in [0, 0.1) is 0 Å². The van der Waals surface area contributed by atoms with Crippen molar-refractivity contribution in [3.05, 3.63) is 18.1 Å². The molecular weight excluding hydrogens is 196 g/mol. The van der Waals surface area contributed by atoms with Crippen LogP contribution >= 0.6 is 0 Å². The number of aromatic nitrogens is 2. The SMILES string of the molecule is Nc1ccnc(CN2CCCOC2=O)n1. The van der Waals surface area contributed by atoms with Gasteiger partial charge in [-0.1, -0.05) is 0 Å². The summed E-state index contributed by atoms with van der Waals surface area (Å²) in [4.78, 5) is 20.9. The average Bonchev–Trinajstić information content (AvgIpc) is 2.22. The third-order valence-electron chi connectivity index (χ3n) is 2.12. The summed E-state index contributed by atoms with van der Waals surface area (Å²) >= 11 is 0. The van der Waals surface area contributed by atoms with Crippen LogP contribution in [0.3, 0.4) is 0 Å². The second-order valence-electron chi connectivity index (χ2n) is 3.29. The van der Waals surface area contributed by atoms with Crippen LogP contribution in [0.4, 0.5) is 10.6 Å². The summed E-state index contributed by atoms with van der Waals surface area (Å²) < 4.78 is 4.89. The van der Waals surface area contributed by atoms with Crippen LogP contribution in [-0.2, 0) is 11.3 Å². The number of hydrogen-bond donors (Lipinski definition) is 1. The monoisotopic (exact) mass is 208 g/mol. The second-order valence-corrected chi connectivity index (χ2v) is 3.29. The van der Waals surface area contributed by atoms with E-state index in [1.807, 2.05) is 0 Å². The van der Waals surface area contributed by atoms with Crippen LogP contribution in [0.25, 0.3) is 0 Å². The number of anilines is 1. The molecule has 15 heavy (non-hydrogen) atoms. The van der Waals surface area contributed by atoms with Crippen molar-refractivity contribution in [2.24, 2.45) is 0 Å². The Kier molecular flexibility index (Phi) is 2.66. The molecule has 0 radical (unpaired) electrons. The predicted molar refractivity (Wildman–Crippen MR) is 52.8 cm³/mol. The van der Waals surface area contributed by atoms with E-state index in [9.17, 15) is 4.79 Å². The zero-order chi connectivity index (χ0) is 10.7. The van der Waals surface area contributed by atoms with Crippen LogP contribution in [0.1, 0.15) is 12.2 Å². The molecule has 2 N–H and O–H groups in total. The Morgan fingerprint density at radius 2 is 2.47 bits per heavy atom. The summed E-state index contributed by atoms with van der Waals surface area (Å²) in [5, 5.41) is 0. The van der Waals surface area contributed by atoms with Gasteiger partial charge in [-0.25, -0.2) is 14.8 Å². The number of ether oxygens (including phenoxy) is 1. The van der Waals surface area contributed by atoms with E-state index < -0.39 is 0 Å². The fraction of sp³-hybridized carbons (Fsp3) is 0.444. The highest BCUT2D eigenvalue weighted by atomic mass is 16.6. The van der Waals surface area contributed by atoms with Crippen LogP contribution in [-0.4, -0.2) is 34.1 Å². The number of nitrogens with zero attached hydrogens (tertiary/aromatic N) is 3. The lowest BCUT2D eigenvalue weighted by Gasteiger charge is -2.25. The molecule has 0 bridgehead atoms. The lowest BCUT2D eigenvalue weighted by molar-refractivity contribution is 0.0690. The lowest BCUT2D eigenvalue weighted by atomic mass is 10.3. The molecule has 6 nitrogen and oxygen atoms in total. The van der Waals surface area contributed by atoms with E-state index in [1.165, 1.54) is 0 Å². The number of carbonyl (C=O) groups excluding carboxylic acids is 1. The van der Waals surface area contributed by atoms with Crippen molar-refractivity contribution in [2.75, 3.05) is 18.9 Å². The van der Waals surface area contributed by atoms with Gasteiger partial charge in [-0.15, -0.1) is 0 Å². The quantitative estimate of drug-likeness (QED) is 0.760. The van der Waals surface area contributed by atoms with Gasteiger partial charge >= 0.3 is 6.09 Å². The molecule has 1 aromatic heterocycles. The van der Waals surface area contributed by atoms with E-state index in [2.05, 4.69) is 9.97 Å². The Balaban J connectivity index is 2.04. The molecule has 0 saturated carbocycles. The molecule has 0 aliphatic carbocycles. The molecule has 0 atom stereocenters. The van der Waals surface area contributed by atoms with Gasteiger partial charge in [-0.3, -0.25) is 0 Å². The first-order valence-electron chi connectivity index (χ1n) is 4.75. The van der Waals surface area contributed by atoms with Gasteiger partial charge in [0.05, 0.1) is 13.2 Å². The van der Waals surface area contributed by atoms with Crippen molar-refractivity contribution >= 4 is 11.9 Å². The predicted octanol–water partition coefficient (Wildman–Crippen LogP) is 0.401. The fourth-order valence-corrected chi connectivity index (χ4v) is 1.40. The highest BCUT2D eigenvalue weighted by Crippen LogP contribution is 2.08. The van der Waals surface area contributed by atoms with Gasteiger partial charge in [-0.05, 0) is 12.5 Å². The molecule has 1 fully saturated rings. The molecule has 1 saturated heterocycles. The number of nitrogens with two attached hydrogens (primary N) is 1. The molecule has 1 aliphatic rings. The molecule has 6 heteroatoms. The Morgan fingerprint density at radius 3 is 3.20 bits per heavy atom. The van der Waals surface area contributed by atoms with Crippen LogP contribution < -0.4 is 5.73 Å². The van der Waals surface area contributed by atoms with Crippen molar-refractivity contribution in [1.29, 1.82) is 0 Å². The van der Waals surface area contributed by atoms with E-state index in [-0.39, 0.29) is 6.09 Å². The smallest absolute Gasteiger partial charge is 0.410 e. The number of cyclic esters (lactones) is 1. The third kappa shape index (κ3) is 2.34. The Morgan fingerprint density at radius 1 is 1.60 bits per heavy atom. The maximum atomic E-state index is 11.3. The maximum absolute atomic E-state index is 11.3. The zero-order valence-corrected chi connectivity index (χ0v) is 8.22. The maximum Gasteiger partial charge on any atom is 0.410 e. The van der Waals surface area contributed by atoms with Crippen molar-refractivity contribution in [3.63, 3.8) is 0 Å². The molecule has 2 heterocycles. The normalized spacial score (nSPS) is 16.3. The molecular formula is C9H12N4O2. The fourth-order valence-electron chi connectivity index (χ4n) is 1.40. The molecule has 80 valence electrons. The summed E-state index contributed by atoms with van der Waals surface area (Å²) in [6.45, 7) is 1.52. The molecule has 0 unspecified atom stereocenters. The number of carbonyl (C=O) groups is 1. The van der Waals surface area contributed by atoms with E-state index in [0.717, 1.165) is 6.42 Å². The van der Waals surface area contributed by atoms with Gasteiger partial charge in [-0.2, -0.15) is 0 Å². The molecule has 1 amide bonds. The van der Waals surface area contributed by atoms with E-state index in [1.54, 1.807) is 17.2 Å². The van der Waals surface area contributed by atoms with E-state index in [4.69, 9.17) is 10.5 Å². The minimum atomic E-state index is -0.313. The molecule has 0 spiro atoms. The standard InChI is InChI=1S/C9H12N4O2/c10-7-2-3-11-8(12-7)6-13-4-1-5-15-9(13)14/h2-3H,1,4-6H2,(H2,10,11,12).